The fraction of sp³-hybridized carbons (Fsp3) is 0.286. The monoisotopic (exact) mass is 246 g/mol. The molecule has 2 atom stereocenters. The van der Waals surface area contributed by atoms with E-state index >= 15 is 0 Å². The molecule has 4 nitrogen and oxygen atoms in total. The second-order valence-corrected chi connectivity index (χ2v) is 4.13. The van der Waals surface area contributed by atoms with E-state index < -0.39 is 18.2 Å². The second-order valence-electron chi connectivity index (χ2n) is 4.13. The molecule has 0 radical (unpaired) electrons. The van der Waals surface area contributed by atoms with E-state index in [2.05, 4.69) is 0 Å². The lowest BCUT2D eigenvalue weighted by molar-refractivity contribution is -0.158. The molecule has 18 heavy (non-hydrogen) atoms. The highest BCUT2D eigenvalue weighted by molar-refractivity contribution is 6.01. The Kier molecular flexibility index (Phi) is 3.46. The second kappa shape index (κ2) is 5.04. The molecule has 0 saturated carbocycles. The standard InChI is InChI=1S/C14H14O4/c1-9-14(18-10(2)15)12(16)8-13(17-9)11-6-4-3-5-7-11/h3-9,14H,1-2H3/t9-,14-/m0/s1. The summed E-state index contributed by atoms with van der Waals surface area (Å²) in [6.45, 7) is 2.98. The van der Waals surface area contributed by atoms with Crippen molar-refractivity contribution in [1.82, 2.24) is 0 Å². The molecule has 0 N–H and O–H groups in total. The molecule has 0 spiro atoms. The van der Waals surface area contributed by atoms with E-state index in [1.54, 1.807) is 6.92 Å². The van der Waals surface area contributed by atoms with Crippen molar-refractivity contribution in [1.29, 1.82) is 0 Å². The van der Waals surface area contributed by atoms with Crippen LogP contribution in [0.3, 0.4) is 0 Å². The molecule has 4 heteroatoms. The number of ketones is 1. The molecule has 1 heterocycles. The Morgan fingerprint density at radius 1 is 1.28 bits per heavy atom. The van der Waals surface area contributed by atoms with Gasteiger partial charge in [0.05, 0.1) is 0 Å². The zero-order chi connectivity index (χ0) is 13.1. The predicted octanol–water partition coefficient (Wildman–Crippen LogP) is 1.95. The van der Waals surface area contributed by atoms with Crippen LogP contribution >= 0.6 is 0 Å². The van der Waals surface area contributed by atoms with Crippen molar-refractivity contribution in [2.24, 2.45) is 0 Å². The van der Waals surface area contributed by atoms with Crippen molar-refractivity contribution in [3.63, 3.8) is 0 Å². The fourth-order valence-corrected chi connectivity index (χ4v) is 1.83. The molecular formula is C14H14O4. The zero-order valence-electron chi connectivity index (χ0n) is 10.3. The fourth-order valence-electron chi connectivity index (χ4n) is 1.83. The lowest BCUT2D eigenvalue weighted by Crippen LogP contribution is -2.39. The SMILES string of the molecule is CC(=O)O[C@@H]1C(=O)C=C(c2ccccc2)O[C@H]1C. The first-order chi connectivity index (χ1) is 8.58. The van der Waals surface area contributed by atoms with E-state index in [9.17, 15) is 9.59 Å². The molecule has 0 bridgehead atoms. The highest BCUT2D eigenvalue weighted by atomic mass is 16.6. The number of hydrogen-bond acceptors (Lipinski definition) is 4. The average Bonchev–Trinajstić information content (AvgIpc) is 2.34. The van der Waals surface area contributed by atoms with Gasteiger partial charge in [0.2, 0.25) is 5.78 Å². The largest absolute Gasteiger partial charge is 0.486 e. The van der Waals surface area contributed by atoms with Crippen LogP contribution in [0, 0.1) is 0 Å². The minimum Gasteiger partial charge on any atom is -0.486 e. The van der Waals surface area contributed by atoms with Crippen molar-refractivity contribution < 1.29 is 19.1 Å². The Labute approximate surface area is 105 Å². The highest BCUT2D eigenvalue weighted by Gasteiger charge is 2.33. The van der Waals surface area contributed by atoms with Gasteiger partial charge in [0.1, 0.15) is 11.9 Å². The summed E-state index contributed by atoms with van der Waals surface area (Å²) in [5, 5.41) is 0. The third kappa shape index (κ3) is 2.59. The van der Waals surface area contributed by atoms with Gasteiger partial charge in [-0.1, -0.05) is 30.3 Å². The number of rotatable bonds is 2. The molecule has 0 saturated heterocycles. The zero-order valence-corrected chi connectivity index (χ0v) is 10.3. The van der Waals surface area contributed by atoms with Crippen molar-refractivity contribution >= 4 is 17.5 Å². The number of benzene rings is 1. The maximum Gasteiger partial charge on any atom is 0.303 e. The van der Waals surface area contributed by atoms with Gasteiger partial charge in [0, 0.05) is 18.6 Å². The Hall–Kier alpha value is -2.10. The average molecular weight is 246 g/mol. The lowest BCUT2D eigenvalue weighted by atomic mass is 10.0. The number of ether oxygens (including phenoxy) is 2. The van der Waals surface area contributed by atoms with Crippen LogP contribution in [0.4, 0.5) is 0 Å². The summed E-state index contributed by atoms with van der Waals surface area (Å²) < 4.78 is 10.6. The van der Waals surface area contributed by atoms with Gasteiger partial charge in [-0.2, -0.15) is 0 Å². The molecule has 0 unspecified atom stereocenters. The smallest absolute Gasteiger partial charge is 0.303 e. The van der Waals surface area contributed by atoms with E-state index in [0.29, 0.717) is 5.76 Å². The van der Waals surface area contributed by atoms with Gasteiger partial charge < -0.3 is 9.47 Å². The van der Waals surface area contributed by atoms with Crippen molar-refractivity contribution in [2.45, 2.75) is 26.1 Å². The van der Waals surface area contributed by atoms with Crippen LogP contribution in [0.5, 0.6) is 0 Å². The molecular weight excluding hydrogens is 232 g/mol. The van der Waals surface area contributed by atoms with Crippen molar-refractivity contribution in [3.05, 3.63) is 42.0 Å². The van der Waals surface area contributed by atoms with Gasteiger partial charge in [-0.05, 0) is 6.92 Å². The van der Waals surface area contributed by atoms with Gasteiger partial charge >= 0.3 is 5.97 Å². The van der Waals surface area contributed by atoms with Crippen molar-refractivity contribution in [3.8, 4) is 0 Å². The molecule has 1 aromatic carbocycles. The Morgan fingerprint density at radius 2 is 1.94 bits per heavy atom. The first-order valence-electron chi connectivity index (χ1n) is 5.73. The van der Waals surface area contributed by atoms with Crippen LogP contribution in [-0.2, 0) is 19.1 Å². The predicted molar refractivity (Wildman–Crippen MR) is 65.5 cm³/mol. The number of hydrogen-bond donors (Lipinski definition) is 0. The van der Waals surface area contributed by atoms with E-state index in [4.69, 9.17) is 9.47 Å². The summed E-state index contributed by atoms with van der Waals surface area (Å²) in [5.74, 6) is -0.223. The normalized spacial score (nSPS) is 23.0. The van der Waals surface area contributed by atoms with Gasteiger partial charge in [-0.3, -0.25) is 9.59 Å². The summed E-state index contributed by atoms with van der Waals surface area (Å²) in [4.78, 5) is 22.8. The van der Waals surface area contributed by atoms with E-state index in [1.807, 2.05) is 30.3 Å². The van der Waals surface area contributed by atoms with Crippen LogP contribution in [0.1, 0.15) is 19.4 Å². The molecule has 0 amide bonds. The van der Waals surface area contributed by atoms with Crippen LogP contribution in [0.25, 0.3) is 5.76 Å². The van der Waals surface area contributed by atoms with E-state index in [1.165, 1.54) is 13.0 Å². The van der Waals surface area contributed by atoms with Crippen LogP contribution in [0.2, 0.25) is 0 Å². The summed E-state index contributed by atoms with van der Waals surface area (Å²) in [5.41, 5.74) is 0.832. The Morgan fingerprint density at radius 3 is 2.50 bits per heavy atom. The van der Waals surface area contributed by atoms with Crippen LogP contribution in [0.15, 0.2) is 36.4 Å². The topological polar surface area (TPSA) is 52.6 Å². The molecule has 1 aliphatic rings. The first kappa shape index (κ1) is 12.4. The van der Waals surface area contributed by atoms with Gasteiger partial charge in [0.15, 0.2) is 6.10 Å². The van der Waals surface area contributed by atoms with Gasteiger partial charge in [-0.25, -0.2) is 0 Å². The van der Waals surface area contributed by atoms with Crippen LogP contribution in [-0.4, -0.2) is 24.0 Å². The summed E-state index contributed by atoms with van der Waals surface area (Å²) in [6.07, 6.45) is 0.0414. The molecule has 0 aliphatic carbocycles. The highest BCUT2D eigenvalue weighted by Crippen LogP contribution is 2.25. The first-order valence-corrected chi connectivity index (χ1v) is 5.73. The number of carbonyl (C=O) groups is 2. The Bertz CT molecular complexity index is 490. The molecule has 0 aromatic heterocycles. The maximum atomic E-state index is 11.9. The van der Waals surface area contributed by atoms with Crippen LogP contribution < -0.4 is 0 Å². The van der Waals surface area contributed by atoms with Gasteiger partial charge in [0.25, 0.3) is 0 Å². The molecule has 0 fully saturated rings. The molecule has 1 aromatic rings. The minimum atomic E-state index is -0.852. The molecule has 94 valence electrons. The third-order valence-corrected chi connectivity index (χ3v) is 2.64. The molecule has 1 aliphatic heterocycles. The van der Waals surface area contributed by atoms with E-state index in [0.717, 1.165) is 5.56 Å². The quantitative estimate of drug-likeness (QED) is 0.748. The maximum absolute atomic E-state index is 11.9. The van der Waals surface area contributed by atoms with Crippen molar-refractivity contribution in [2.75, 3.05) is 0 Å². The third-order valence-electron chi connectivity index (χ3n) is 2.64. The summed E-state index contributed by atoms with van der Waals surface area (Å²) in [6, 6.07) is 9.34. The Balaban J connectivity index is 2.23. The van der Waals surface area contributed by atoms with E-state index in [-0.39, 0.29) is 5.78 Å². The number of esters is 1. The minimum absolute atomic E-state index is 0.247. The lowest BCUT2D eigenvalue weighted by Gasteiger charge is -2.28. The number of carbonyl (C=O) groups excluding carboxylic acids is 2. The summed E-state index contributed by atoms with van der Waals surface area (Å²) >= 11 is 0. The summed E-state index contributed by atoms with van der Waals surface area (Å²) in [7, 11) is 0. The molecule has 2 rings (SSSR count). The van der Waals surface area contributed by atoms with Gasteiger partial charge in [-0.15, -0.1) is 0 Å².